The zero-order chi connectivity index (χ0) is 27.3. The average molecular weight is 557 g/mol. The Balaban J connectivity index is 1.36. The molecule has 4 rings (SSSR count). The van der Waals surface area contributed by atoms with Crippen molar-refractivity contribution in [1.29, 1.82) is 0 Å². The van der Waals surface area contributed by atoms with E-state index in [-0.39, 0.29) is 16.5 Å². The maximum atomic E-state index is 12.9. The van der Waals surface area contributed by atoms with Gasteiger partial charge in [-0.2, -0.15) is 13.2 Å². The first kappa shape index (κ1) is 27.3. The van der Waals surface area contributed by atoms with Gasteiger partial charge in [0.2, 0.25) is 0 Å². The van der Waals surface area contributed by atoms with Crippen molar-refractivity contribution >= 4 is 39.1 Å². The van der Waals surface area contributed by atoms with E-state index in [9.17, 15) is 26.4 Å². The molecule has 2 N–H and O–H groups in total. The minimum absolute atomic E-state index is 0.164. The summed E-state index contributed by atoms with van der Waals surface area (Å²) < 4.78 is 66.1. The molecule has 4 aromatic rings. The molecule has 0 spiro atoms. The number of rotatable bonds is 8. The van der Waals surface area contributed by atoms with E-state index in [1.807, 2.05) is 19.1 Å². The first-order valence-electron chi connectivity index (χ1n) is 11.4. The van der Waals surface area contributed by atoms with Crippen molar-refractivity contribution < 1.29 is 26.4 Å². The molecule has 0 fully saturated rings. The van der Waals surface area contributed by atoms with Crippen LogP contribution in [-0.2, 0) is 22.0 Å². The highest BCUT2D eigenvalue weighted by Crippen LogP contribution is 2.31. The van der Waals surface area contributed by atoms with Gasteiger partial charge in [-0.15, -0.1) is 11.8 Å². The summed E-state index contributed by atoms with van der Waals surface area (Å²) in [5.41, 5.74) is 1.90. The van der Waals surface area contributed by atoms with Gasteiger partial charge in [-0.1, -0.05) is 35.9 Å². The third kappa shape index (κ3) is 7.17. The average Bonchev–Trinajstić information content (AvgIpc) is 2.88. The Bertz CT molecular complexity index is 1520. The van der Waals surface area contributed by atoms with Crippen molar-refractivity contribution in [2.24, 2.45) is 0 Å². The van der Waals surface area contributed by atoms with Crippen LogP contribution in [0.2, 0.25) is 0 Å². The van der Waals surface area contributed by atoms with Gasteiger partial charge in [-0.25, -0.2) is 8.42 Å². The Hall–Kier alpha value is -3.76. The molecule has 0 aliphatic heterocycles. The molecule has 0 heterocycles. The highest BCUT2D eigenvalue weighted by atomic mass is 32.2. The van der Waals surface area contributed by atoms with Gasteiger partial charge in [0.05, 0.1) is 10.5 Å². The first-order valence-corrected chi connectivity index (χ1v) is 13.9. The SMILES string of the molecule is Cc1ccc(SCc2ccc(C(=O)Nc3ccc(S(=O)(=O)Nc4cccc(C(F)(F)F)c4)cc3)cc2)cc1. The van der Waals surface area contributed by atoms with Gasteiger partial charge in [0.25, 0.3) is 15.9 Å². The molecule has 0 aliphatic carbocycles. The van der Waals surface area contributed by atoms with Gasteiger partial charge in [-0.3, -0.25) is 9.52 Å². The van der Waals surface area contributed by atoms with Crippen molar-refractivity contribution in [1.82, 2.24) is 0 Å². The third-order valence-corrected chi connectivity index (χ3v) is 7.99. The normalized spacial score (nSPS) is 11.7. The predicted octanol–water partition coefficient (Wildman–Crippen LogP) is 7.36. The monoisotopic (exact) mass is 556 g/mol. The molecular weight excluding hydrogens is 533 g/mol. The van der Waals surface area contributed by atoms with Crippen molar-refractivity contribution in [3.8, 4) is 0 Å². The Morgan fingerprint density at radius 3 is 2.13 bits per heavy atom. The lowest BCUT2D eigenvalue weighted by Crippen LogP contribution is -2.15. The molecule has 0 unspecified atom stereocenters. The maximum absolute atomic E-state index is 12.9. The molecule has 1 amide bonds. The third-order valence-electron chi connectivity index (χ3n) is 5.51. The van der Waals surface area contributed by atoms with Crippen LogP contribution in [0.25, 0.3) is 0 Å². The minimum atomic E-state index is -4.60. The van der Waals surface area contributed by atoms with E-state index in [4.69, 9.17) is 0 Å². The molecule has 0 aliphatic rings. The van der Waals surface area contributed by atoms with Crippen molar-refractivity contribution in [2.45, 2.75) is 28.6 Å². The van der Waals surface area contributed by atoms with Crippen molar-refractivity contribution in [3.05, 3.63) is 119 Å². The van der Waals surface area contributed by atoms with Crippen molar-refractivity contribution in [3.63, 3.8) is 0 Å². The summed E-state index contributed by atoms with van der Waals surface area (Å²) in [6.45, 7) is 2.04. The Labute approximate surface area is 223 Å². The second-order valence-corrected chi connectivity index (χ2v) is 11.2. The summed E-state index contributed by atoms with van der Waals surface area (Å²) in [5.74, 6) is 0.399. The van der Waals surface area contributed by atoms with E-state index >= 15 is 0 Å². The topological polar surface area (TPSA) is 75.3 Å². The second kappa shape index (κ2) is 11.3. The number of hydrogen-bond acceptors (Lipinski definition) is 4. The summed E-state index contributed by atoms with van der Waals surface area (Å²) in [6.07, 6.45) is -4.60. The number of thioether (sulfide) groups is 1. The number of amides is 1. The predicted molar refractivity (Wildman–Crippen MR) is 144 cm³/mol. The Morgan fingerprint density at radius 2 is 1.50 bits per heavy atom. The molecule has 0 saturated heterocycles. The summed E-state index contributed by atoms with van der Waals surface area (Å²) in [5, 5.41) is 2.71. The molecule has 0 bridgehead atoms. The molecule has 0 aromatic heterocycles. The van der Waals surface area contributed by atoms with E-state index in [1.54, 1.807) is 23.9 Å². The van der Waals surface area contributed by atoms with Crippen LogP contribution < -0.4 is 10.0 Å². The van der Waals surface area contributed by atoms with Crippen LogP contribution in [0.3, 0.4) is 0 Å². The number of carbonyl (C=O) groups is 1. The fraction of sp³-hybridized carbons (Fsp3) is 0.107. The first-order chi connectivity index (χ1) is 18.0. The molecule has 5 nitrogen and oxygen atoms in total. The number of hydrogen-bond donors (Lipinski definition) is 2. The second-order valence-electron chi connectivity index (χ2n) is 8.46. The lowest BCUT2D eigenvalue weighted by Gasteiger charge is -2.12. The Kier molecular flexibility index (Phi) is 8.13. The van der Waals surface area contributed by atoms with Crippen molar-refractivity contribution in [2.75, 3.05) is 10.0 Å². The summed E-state index contributed by atoms with van der Waals surface area (Å²) in [4.78, 5) is 13.6. The van der Waals surface area contributed by atoms with Gasteiger partial charge >= 0.3 is 6.18 Å². The highest BCUT2D eigenvalue weighted by Gasteiger charge is 2.30. The van der Waals surface area contributed by atoms with E-state index in [1.165, 1.54) is 35.9 Å². The van der Waals surface area contributed by atoms with E-state index in [0.717, 1.165) is 34.4 Å². The van der Waals surface area contributed by atoms with Crippen LogP contribution in [0, 0.1) is 6.92 Å². The largest absolute Gasteiger partial charge is 0.416 e. The van der Waals surface area contributed by atoms with Crippen LogP contribution in [-0.4, -0.2) is 14.3 Å². The lowest BCUT2D eigenvalue weighted by atomic mass is 10.1. The molecule has 38 heavy (non-hydrogen) atoms. The van der Waals surface area contributed by atoms with Gasteiger partial charge in [0.15, 0.2) is 0 Å². The number of benzene rings is 4. The zero-order valence-corrected chi connectivity index (χ0v) is 21.8. The number of halogens is 3. The number of anilines is 2. The van der Waals surface area contributed by atoms with Gasteiger partial charge in [0, 0.05) is 27.6 Å². The number of alkyl halides is 3. The number of sulfonamides is 1. The van der Waals surface area contributed by atoms with Gasteiger partial charge < -0.3 is 5.32 Å². The molecule has 196 valence electrons. The number of aryl methyl sites for hydroxylation is 1. The summed E-state index contributed by atoms with van der Waals surface area (Å²) >= 11 is 1.70. The molecule has 0 saturated carbocycles. The summed E-state index contributed by atoms with van der Waals surface area (Å²) in [7, 11) is -4.14. The van der Waals surface area contributed by atoms with Crippen LogP contribution in [0.5, 0.6) is 0 Å². The molecule has 0 radical (unpaired) electrons. The lowest BCUT2D eigenvalue weighted by molar-refractivity contribution is -0.137. The zero-order valence-electron chi connectivity index (χ0n) is 20.1. The molecule has 0 atom stereocenters. The quantitative estimate of drug-likeness (QED) is 0.222. The van der Waals surface area contributed by atoms with Crippen LogP contribution in [0.15, 0.2) is 107 Å². The Morgan fingerprint density at radius 1 is 0.842 bits per heavy atom. The fourth-order valence-electron chi connectivity index (χ4n) is 3.45. The minimum Gasteiger partial charge on any atom is -0.322 e. The van der Waals surface area contributed by atoms with E-state index in [2.05, 4.69) is 34.3 Å². The van der Waals surface area contributed by atoms with E-state index < -0.39 is 21.8 Å². The van der Waals surface area contributed by atoms with Crippen LogP contribution in [0.4, 0.5) is 24.5 Å². The number of nitrogens with one attached hydrogen (secondary N) is 2. The van der Waals surface area contributed by atoms with Gasteiger partial charge in [-0.05, 0) is 79.2 Å². The van der Waals surface area contributed by atoms with E-state index in [0.29, 0.717) is 11.3 Å². The highest BCUT2D eigenvalue weighted by molar-refractivity contribution is 7.98. The maximum Gasteiger partial charge on any atom is 0.416 e. The molecular formula is C28H23F3N2O3S2. The standard InChI is InChI=1S/C28H23F3N2O3S2/c1-19-5-13-25(14-6-19)37-18-20-7-9-21(10-8-20)27(34)32-23-11-15-26(16-12-23)38(35,36)33-24-4-2-3-22(17-24)28(29,30)31/h2-17,33H,18H2,1H3,(H,32,34). The van der Waals surface area contributed by atoms with Crippen LogP contribution in [0.1, 0.15) is 27.0 Å². The van der Waals surface area contributed by atoms with Gasteiger partial charge in [0.1, 0.15) is 0 Å². The van der Waals surface area contributed by atoms with Crippen LogP contribution >= 0.6 is 11.8 Å². The molecule has 10 heteroatoms. The number of carbonyl (C=O) groups excluding carboxylic acids is 1. The summed E-state index contributed by atoms with van der Waals surface area (Å²) in [6, 6.07) is 24.7. The molecule has 4 aromatic carbocycles. The fourth-order valence-corrected chi connectivity index (χ4v) is 5.35. The smallest absolute Gasteiger partial charge is 0.322 e.